The molecule has 10 heteroatoms. The van der Waals surface area contributed by atoms with Gasteiger partial charge >= 0.3 is 6.09 Å². The third-order valence-electron chi connectivity index (χ3n) is 4.65. The summed E-state index contributed by atoms with van der Waals surface area (Å²) in [6, 6.07) is 16.1. The number of carbonyl (C=O) groups is 2. The molecular formula is C22H24N3O5PS. The van der Waals surface area contributed by atoms with Gasteiger partial charge in [0.2, 0.25) is 7.37 Å². The van der Waals surface area contributed by atoms with Crippen molar-refractivity contribution in [2.45, 2.75) is 13.5 Å². The minimum atomic E-state index is -3.43. The lowest BCUT2D eigenvalue weighted by Crippen LogP contribution is -2.24. The van der Waals surface area contributed by atoms with E-state index in [1.807, 2.05) is 29.6 Å². The van der Waals surface area contributed by atoms with Crippen molar-refractivity contribution in [2.24, 2.45) is 0 Å². The standard InChI is InChI=1S/C22H24N3O5PS/c1-2-31(28,29)14-30-22(27)24-13-15-5-7-16(8-6-15)21(26)25-19-12-17(9-10-18(19)23)20-4-3-11-32-20/h3-12H,2,13-14,23H2,1H3,(H,24,27)(H,25,26)(H,28,29). The molecule has 0 spiro atoms. The third kappa shape index (κ3) is 6.43. The lowest BCUT2D eigenvalue weighted by molar-refractivity contribution is 0.102. The second-order valence-electron chi connectivity index (χ2n) is 7.01. The number of thiophene rings is 1. The third-order valence-corrected chi connectivity index (χ3v) is 7.09. The molecule has 0 saturated heterocycles. The predicted octanol–water partition coefficient (Wildman–Crippen LogP) is 4.72. The van der Waals surface area contributed by atoms with E-state index < -0.39 is 19.8 Å². The van der Waals surface area contributed by atoms with Crippen LogP contribution in [-0.4, -0.2) is 29.4 Å². The maximum Gasteiger partial charge on any atom is 0.407 e. The first-order valence-corrected chi connectivity index (χ1v) is 12.7. The van der Waals surface area contributed by atoms with Crippen molar-refractivity contribution in [3.63, 3.8) is 0 Å². The number of nitrogens with one attached hydrogen (secondary N) is 2. The van der Waals surface area contributed by atoms with Crippen LogP contribution < -0.4 is 16.4 Å². The van der Waals surface area contributed by atoms with Gasteiger partial charge < -0.3 is 26.0 Å². The van der Waals surface area contributed by atoms with E-state index in [2.05, 4.69) is 10.6 Å². The molecular weight excluding hydrogens is 449 g/mol. The van der Waals surface area contributed by atoms with Gasteiger partial charge in [-0.25, -0.2) is 4.79 Å². The first-order chi connectivity index (χ1) is 15.3. The largest absolute Gasteiger partial charge is 0.439 e. The molecule has 1 atom stereocenters. The number of hydrogen-bond donors (Lipinski definition) is 4. The lowest BCUT2D eigenvalue weighted by atomic mass is 10.1. The molecule has 3 aromatic rings. The first kappa shape index (κ1) is 23.5. The number of amides is 2. The Morgan fingerprint density at radius 2 is 1.91 bits per heavy atom. The summed E-state index contributed by atoms with van der Waals surface area (Å²) in [6.45, 7) is 1.70. The Morgan fingerprint density at radius 1 is 1.16 bits per heavy atom. The molecule has 3 rings (SSSR count). The molecule has 0 aliphatic heterocycles. The zero-order valence-corrected chi connectivity index (χ0v) is 19.1. The maximum atomic E-state index is 12.6. The molecule has 1 heterocycles. The number of alkyl carbamates (subject to hydrolysis) is 1. The summed E-state index contributed by atoms with van der Waals surface area (Å²) in [5.74, 6) is -0.308. The Kier molecular flexibility index (Phi) is 7.69. The zero-order valence-electron chi connectivity index (χ0n) is 17.4. The van der Waals surface area contributed by atoms with Crippen LogP contribution >= 0.6 is 18.7 Å². The second kappa shape index (κ2) is 10.5. The van der Waals surface area contributed by atoms with E-state index in [0.717, 1.165) is 16.0 Å². The molecule has 0 saturated carbocycles. The minimum absolute atomic E-state index is 0.0355. The van der Waals surface area contributed by atoms with E-state index >= 15 is 0 Å². The summed E-state index contributed by atoms with van der Waals surface area (Å²) in [5.41, 5.74) is 9.16. The number of nitrogen functional groups attached to an aromatic ring is 1. The minimum Gasteiger partial charge on any atom is -0.439 e. The number of nitrogens with two attached hydrogens (primary N) is 1. The molecule has 0 aliphatic rings. The van der Waals surface area contributed by atoms with Crippen molar-refractivity contribution in [3.05, 3.63) is 71.1 Å². The predicted molar refractivity (Wildman–Crippen MR) is 127 cm³/mol. The molecule has 0 fully saturated rings. The number of ether oxygens (including phenoxy) is 1. The van der Waals surface area contributed by atoms with Crippen molar-refractivity contribution >= 4 is 42.1 Å². The molecule has 0 bridgehead atoms. The summed E-state index contributed by atoms with van der Waals surface area (Å²) >= 11 is 1.60. The van der Waals surface area contributed by atoms with E-state index in [0.29, 0.717) is 16.9 Å². The average Bonchev–Trinajstić information content (AvgIpc) is 3.33. The summed E-state index contributed by atoms with van der Waals surface area (Å²) in [7, 11) is -3.43. The number of benzene rings is 2. The molecule has 2 amide bonds. The van der Waals surface area contributed by atoms with Gasteiger partial charge in [0.1, 0.15) is 0 Å². The highest BCUT2D eigenvalue weighted by Gasteiger charge is 2.17. The van der Waals surface area contributed by atoms with Gasteiger partial charge in [0.15, 0.2) is 6.35 Å². The van der Waals surface area contributed by atoms with Gasteiger partial charge in [-0.1, -0.05) is 31.2 Å². The summed E-state index contributed by atoms with van der Waals surface area (Å²) < 4.78 is 16.3. The van der Waals surface area contributed by atoms with Gasteiger partial charge in [0.25, 0.3) is 5.91 Å². The van der Waals surface area contributed by atoms with Crippen molar-refractivity contribution in [3.8, 4) is 10.4 Å². The van der Waals surface area contributed by atoms with Crippen LogP contribution in [0.5, 0.6) is 0 Å². The molecule has 5 N–H and O–H groups in total. The molecule has 0 aliphatic carbocycles. The van der Waals surface area contributed by atoms with E-state index in [9.17, 15) is 19.0 Å². The maximum absolute atomic E-state index is 12.6. The van der Waals surface area contributed by atoms with Crippen LogP contribution in [0.25, 0.3) is 10.4 Å². The number of hydrogen-bond acceptors (Lipinski definition) is 6. The smallest absolute Gasteiger partial charge is 0.407 e. The van der Waals surface area contributed by atoms with Crippen molar-refractivity contribution in [2.75, 3.05) is 23.6 Å². The number of anilines is 2. The van der Waals surface area contributed by atoms with Crippen molar-refractivity contribution < 1.29 is 23.8 Å². The highest BCUT2D eigenvalue weighted by Crippen LogP contribution is 2.39. The van der Waals surface area contributed by atoms with Gasteiger partial charge in [-0.3, -0.25) is 9.36 Å². The summed E-state index contributed by atoms with van der Waals surface area (Å²) in [6.07, 6.45) is -1.27. The highest BCUT2D eigenvalue weighted by atomic mass is 32.1. The van der Waals surface area contributed by atoms with E-state index in [1.165, 1.54) is 0 Å². The monoisotopic (exact) mass is 473 g/mol. The fourth-order valence-corrected chi connectivity index (χ4v) is 3.93. The van der Waals surface area contributed by atoms with Crippen LogP contribution in [0.3, 0.4) is 0 Å². The van der Waals surface area contributed by atoms with E-state index in [4.69, 9.17) is 10.5 Å². The number of carbonyl (C=O) groups excluding carboxylic acids is 2. The first-order valence-electron chi connectivity index (χ1n) is 9.82. The normalized spacial score (nSPS) is 12.6. The topological polar surface area (TPSA) is 131 Å². The Bertz CT molecular complexity index is 1130. The van der Waals surface area contributed by atoms with Crippen LogP contribution in [0.4, 0.5) is 16.2 Å². The van der Waals surface area contributed by atoms with Gasteiger partial charge in [-0.05, 0) is 46.8 Å². The molecule has 32 heavy (non-hydrogen) atoms. The lowest BCUT2D eigenvalue weighted by Gasteiger charge is -2.11. The Balaban J connectivity index is 1.57. The Morgan fingerprint density at radius 3 is 2.56 bits per heavy atom. The van der Waals surface area contributed by atoms with Gasteiger partial charge in [-0.15, -0.1) is 11.3 Å². The van der Waals surface area contributed by atoms with Crippen LogP contribution in [0.1, 0.15) is 22.8 Å². The average molecular weight is 473 g/mol. The van der Waals surface area contributed by atoms with Crippen LogP contribution in [-0.2, 0) is 15.8 Å². The van der Waals surface area contributed by atoms with Crippen LogP contribution in [0.2, 0.25) is 0 Å². The molecule has 1 unspecified atom stereocenters. The van der Waals surface area contributed by atoms with Gasteiger partial charge in [0.05, 0.1) is 11.4 Å². The fraction of sp³-hybridized carbons (Fsp3) is 0.182. The highest BCUT2D eigenvalue weighted by molar-refractivity contribution is 7.57. The van der Waals surface area contributed by atoms with Crippen molar-refractivity contribution in [1.82, 2.24) is 5.32 Å². The number of rotatable bonds is 8. The molecule has 8 nitrogen and oxygen atoms in total. The van der Waals surface area contributed by atoms with Crippen LogP contribution in [0.15, 0.2) is 60.0 Å². The van der Waals surface area contributed by atoms with E-state index in [-0.39, 0.29) is 18.6 Å². The summed E-state index contributed by atoms with van der Waals surface area (Å²) in [5, 5.41) is 7.32. The molecule has 2 aromatic carbocycles. The molecule has 168 valence electrons. The second-order valence-corrected chi connectivity index (χ2v) is 10.5. The Labute approximate surface area is 189 Å². The quantitative estimate of drug-likeness (QED) is 0.277. The fourth-order valence-electron chi connectivity index (χ4n) is 2.71. The molecule has 1 aromatic heterocycles. The van der Waals surface area contributed by atoms with Gasteiger partial charge in [-0.2, -0.15) is 0 Å². The Hall–Kier alpha value is -3.13. The summed E-state index contributed by atoms with van der Waals surface area (Å²) in [4.78, 5) is 34.8. The van der Waals surface area contributed by atoms with E-state index in [1.54, 1.807) is 48.6 Å². The SMILES string of the molecule is CCP(=O)(O)COC(=O)NCc1ccc(C(=O)Nc2cc(-c3cccs3)ccc2N)cc1. The molecule has 0 radical (unpaired) electrons. The van der Waals surface area contributed by atoms with Crippen molar-refractivity contribution in [1.29, 1.82) is 0 Å². The van der Waals surface area contributed by atoms with Crippen LogP contribution in [0, 0.1) is 0 Å². The van der Waals surface area contributed by atoms with Gasteiger partial charge in [0, 0.05) is 23.1 Å². The zero-order chi connectivity index (χ0) is 23.1.